The minimum Gasteiger partial charge on any atom is -0.508 e. The first kappa shape index (κ1) is 13.5. The van der Waals surface area contributed by atoms with Gasteiger partial charge in [-0.25, -0.2) is 0 Å². The van der Waals surface area contributed by atoms with Gasteiger partial charge in [0.05, 0.1) is 6.61 Å². The molecule has 4 nitrogen and oxygen atoms in total. The Labute approximate surface area is 102 Å². The number of carbonyl (C=O) groups excluding carboxylic acids is 1. The molecule has 0 amide bonds. The quantitative estimate of drug-likeness (QED) is 0.561. The van der Waals surface area contributed by atoms with Crippen molar-refractivity contribution in [2.24, 2.45) is 0 Å². The zero-order chi connectivity index (χ0) is 12.5. The second-order valence-electron chi connectivity index (χ2n) is 3.76. The average molecular weight is 237 g/mol. The second kappa shape index (κ2) is 7.68. The van der Waals surface area contributed by atoms with Crippen LogP contribution >= 0.6 is 0 Å². The molecule has 1 aromatic carbocycles. The Morgan fingerprint density at radius 1 is 1.47 bits per heavy atom. The normalized spacial score (nSPS) is 10.2. The van der Waals surface area contributed by atoms with Gasteiger partial charge >= 0.3 is 5.97 Å². The van der Waals surface area contributed by atoms with Crippen LogP contribution in [0.2, 0.25) is 0 Å². The molecule has 0 unspecified atom stereocenters. The molecule has 0 heterocycles. The van der Waals surface area contributed by atoms with Crippen LogP contribution in [-0.4, -0.2) is 24.2 Å². The number of esters is 1. The van der Waals surface area contributed by atoms with E-state index in [0.29, 0.717) is 19.6 Å². The number of rotatable bonds is 7. The van der Waals surface area contributed by atoms with E-state index in [2.05, 4.69) is 5.32 Å². The van der Waals surface area contributed by atoms with E-state index in [4.69, 9.17) is 4.74 Å². The SMILES string of the molecule is CCOC(=O)CCCNCc1cccc(O)c1. The van der Waals surface area contributed by atoms with Crippen LogP contribution < -0.4 is 5.32 Å². The number of benzene rings is 1. The summed E-state index contributed by atoms with van der Waals surface area (Å²) in [4.78, 5) is 11.0. The largest absolute Gasteiger partial charge is 0.508 e. The molecule has 0 saturated carbocycles. The highest BCUT2D eigenvalue weighted by Crippen LogP contribution is 2.10. The fourth-order valence-corrected chi connectivity index (χ4v) is 1.49. The summed E-state index contributed by atoms with van der Waals surface area (Å²) in [6.07, 6.45) is 1.21. The Balaban J connectivity index is 2.10. The summed E-state index contributed by atoms with van der Waals surface area (Å²) in [6.45, 7) is 3.69. The van der Waals surface area contributed by atoms with E-state index in [0.717, 1.165) is 18.5 Å². The number of ether oxygens (including phenoxy) is 1. The van der Waals surface area contributed by atoms with Crippen molar-refractivity contribution in [3.05, 3.63) is 29.8 Å². The lowest BCUT2D eigenvalue weighted by atomic mass is 10.2. The summed E-state index contributed by atoms with van der Waals surface area (Å²) in [6, 6.07) is 7.12. The lowest BCUT2D eigenvalue weighted by Crippen LogP contribution is -2.16. The van der Waals surface area contributed by atoms with Crippen molar-refractivity contribution in [2.75, 3.05) is 13.2 Å². The van der Waals surface area contributed by atoms with Gasteiger partial charge in [0, 0.05) is 13.0 Å². The first-order valence-corrected chi connectivity index (χ1v) is 5.86. The molecule has 0 spiro atoms. The topological polar surface area (TPSA) is 58.6 Å². The van der Waals surface area contributed by atoms with Gasteiger partial charge in [0.15, 0.2) is 0 Å². The fraction of sp³-hybridized carbons (Fsp3) is 0.462. The molecule has 0 aliphatic rings. The summed E-state index contributed by atoms with van der Waals surface area (Å²) < 4.78 is 4.82. The molecule has 0 aliphatic carbocycles. The molecule has 17 heavy (non-hydrogen) atoms. The molecular formula is C13H19NO3. The number of nitrogens with one attached hydrogen (secondary N) is 1. The number of phenols is 1. The Morgan fingerprint density at radius 3 is 3.00 bits per heavy atom. The van der Waals surface area contributed by atoms with Gasteiger partial charge < -0.3 is 15.2 Å². The van der Waals surface area contributed by atoms with Crippen molar-refractivity contribution < 1.29 is 14.6 Å². The summed E-state index contributed by atoms with van der Waals surface area (Å²) in [5.41, 5.74) is 1.03. The molecule has 1 rings (SSSR count). The molecule has 0 radical (unpaired) electrons. The van der Waals surface area contributed by atoms with Crippen molar-refractivity contribution in [3.8, 4) is 5.75 Å². The van der Waals surface area contributed by atoms with Crippen LogP contribution in [0.25, 0.3) is 0 Å². The third kappa shape index (κ3) is 5.92. The van der Waals surface area contributed by atoms with Crippen LogP contribution in [0.1, 0.15) is 25.3 Å². The molecule has 0 atom stereocenters. The molecule has 1 aromatic rings. The van der Waals surface area contributed by atoms with Crippen molar-refractivity contribution in [2.45, 2.75) is 26.3 Å². The average Bonchev–Trinajstić information content (AvgIpc) is 2.29. The third-order valence-electron chi connectivity index (χ3n) is 2.28. The van der Waals surface area contributed by atoms with Crippen LogP contribution in [0.15, 0.2) is 24.3 Å². The number of aromatic hydroxyl groups is 1. The van der Waals surface area contributed by atoms with Gasteiger partial charge in [-0.3, -0.25) is 4.79 Å². The molecular weight excluding hydrogens is 218 g/mol. The van der Waals surface area contributed by atoms with Gasteiger partial charge in [-0.15, -0.1) is 0 Å². The summed E-state index contributed by atoms with van der Waals surface area (Å²) in [5.74, 6) is 0.127. The highest BCUT2D eigenvalue weighted by molar-refractivity contribution is 5.69. The Kier molecular flexibility index (Phi) is 6.10. The Bertz CT molecular complexity index is 352. The lowest BCUT2D eigenvalue weighted by molar-refractivity contribution is -0.143. The lowest BCUT2D eigenvalue weighted by Gasteiger charge is -2.05. The molecule has 94 valence electrons. The van der Waals surface area contributed by atoms with Crippen LogP contribution in [0.4, 0.5) is 0 Å². The van der Waals surface area contributed by atoms with E-state index in [1.807, 2.05) is 12.1 Å². The maximum atomic E-state index is 11.0. The van der Waals surface area contributed by atoms with Crippen LogP contribution in [0, 0.1) is 0 Å². The zero-order valence-electron chi connectivity index (χ0n) is 10.1. The van der Waals surface area contributed by atoms with Crippen LogP contribution in [0.3, 0.4) is 0 Å². The van der Waals surface area contributed by atoms with Gasteiger partial charge in [0.1, 0.15) is 5.75 Å². The second-order valence-corrected chi connectivity index (χ2v) is 3.76. The summed E-state index contributed by atoms with van der Waals surface area (Å²) in [5, 5.41) is 12.5. The van der Waals surface area contributed by atoms with E-state index in [9.17, 15) is 9.90 Å². The standard InChI is InChI=1S/C13H19NO3/c1-2-17-13(16)7-4-8-14-10-11-5-3-6-12(15)9-11/h3,5-6,9,14-15H,2,4,7-8,10H2,1H3. The fourth-order valence-electron chi connectivity index (χ4n) is 1.49. The van der Waals surface area contributed by atoms with Crippen molar-refractivity contribution in [3.63, 3.8) is 0 Å². The van der Waals surface area contributed by atoms with E-state index in [-0.39, 0.29) is 11.7 Å². The maximum absolute atomic E-state index is 11.0. The first-order valence-electron chi connectivity index (χ1n) is 5.86. The van der Waals surface area contributed by atoms with Gasteiger partial charge in [-0.1, -0.05) is 12.1 Å². The predicted octanol–water partition coefficient (Wildman–Crippen LogP) is 1.83. The van der Waals surface area contributed by atoms with Crippen molar-refractivity contribution in [1.29, 1.82) is 0 Å². The molecule has 0 fully saturated rings. The molecule has 0 saturated heterocycles. The van der Waals surface area contributed by atoms with Gasteiger partial charge in [0.25, 0.3) is 0 Å². The minimum atomic E-state index is -0.147. The Hall–Kier alpha value is -1.55. The highest BCUT2D eigenvalue weighted by Gasteiger charge is 2.00. The molecule has 2 N–H and O–H groups in total. The first-order chi connectivity index (χ1) is 8.22. The smallest absolute Gasteiger partial charge is 0.305 e. The molecule has 4 heteroatoms. The van der Waals surface area contributed by atoms with E-state index in [1.54, 1.807) is 19.1 Å². The van der Waals surface area contributed by atoms with E-state index >= 15 is 0 Å². The van der Waals surface area contributed by atoms with E-state index in [1.165, 1.54) is 0 Å². The monoisotopic (exact) mass is 237 g/mol. The number of carbonyl (C=O) groups is 1. The number of hydrogen-bond donors (Lipinski definition) is 2. The van der Waals surface area contributed by atoms with Gasteiger partial charge in [-0.2, -0.15) is 0 Å². The molecule has 0 bridgehead atoms. The zero-order valence-corrected chi connectivity index (χ0v) is 10.1. The van der Waals surface area contributed by atoms with E-state index < -0.39 is 0 Å². The number of phenolic OH excluding ortho intramolecular Hbond substituents is 1. The highest BCUT2D eigenvalue weighted by atomic mass is 16.5. The van der Waals surface area contributed by atoms with Crippen LogP contribution in [0.5, 0.6) is 5.75 Å². The predicted molar refractivity (Wildman–Crippen MR) is 65.7 cm³/mol. The van der Waals surface area contributed by atoms with Crippen molar-refractivity contribution in [1.82, 2.24) is 5.32 Å². The summed E-state index contributed by atoms with van der Waals surface area (Å²) in [7, 11) is 0. The third-order valence-corrected chi connectivity index (χ3v) is 2.28. The van der Waals surface area contributed by atoms with Crippen molar-refractivity contribution >= 4 is 5.97 Å². The molecule has 0 aromatic heterocycles. The van der Waals surface area contributed by atoms with Gasteiger partial charge in [0.2, 0.25) is 0 Å². The minimum absolute atomic E-state index is 0.147. The van der Waals surface area contributed by atoms with Gasteiger partial charge in [-0.05, 0) is 37.6 Å². The maximum Gasteiger partial charge on any atom is 0.305 e. The van der Waals surface area contributed by atoms with Crippen LogP contribution in [-0.2, 0) is 16.1 Å². The number of hydrogen-bond acceptors (Lipinski definition) is 4. The summed E-state index contributed by atoms with van der Waals surface area (Å²) >= 11 is 0. The molecule has 0 aliphatic heterocycles. The Morgan fingerprint density at radius 2 is 2.29 bits per heavy atom.